The highest BCUT2D eigenvalue weighted by Gasteiger charge is 2.06. The quantitative estimate of drug-likeness (QED) is 0.838. The first kappa shape index (κ1) is 13.8. The molecule has 0 fully saturated rings. The molecule has 102 valence electrons. The molecule has 4 heteroatoms. The Morgan fingerprint density at radius 3 is 2.40 bits per heavy atom. The average molecular weight is 269 g/mol. The largest absolute Gasteiger partial charge is 0.507 e. The van der Waals surface area contributed by atoms with Crippen molar-refractivity contribution < 1.29 is 14.7 Å². The van der Waals surface area contributed by atoms with E-state index in [9.17, 15) is 14.7 Å². The molecule has 2 rings (SSSR count). The second kappa shape index (κ2) is 6.02. The van der Waals surface area contributed by atoms with Gasteiger partial charge in [-0.1, -0.05) is 18.2 Å². The lowest BCUT2D eigenvalue weighted by Gasteiger charge is -2.06. The molecule has 0 aliphatic heterocycles. The average Bonchev–Trinajstić information content (AvgIpc) is 2.48. The van der Waals surface area contributed by atoms with E-state index in [4.69, 9.17) is 0 Å². The van der Waals surface area contributed by atoms with Crippen LogP contribution in [0, 0.1) is 0 Å². The summed E-state index contributed by atoms with van der Waals surface area (Å²) in [5.41, 5.74) is 2.52. The van der Waals surface area contributed by atoms with Crippen LogP contribution in [-0.2, 0) is 0 Å². The van der Waals surface area contributed by atoms with Crippen molar-refractivity contribution >= 4 is 12.2 Å². The van der Waals surface area contributed by atoms with Crippen LogP contribution in [-0.4, -0.2) is 23.8 Å². The van der Waals surface area contributed by atoms with E-state index in [1.165, 1.54) is 6.07 Å². The SMILES string of the molecule is CCNC(=O)c1ccc(-c2ccc(O)c(C=O)c2)cc1. The smallest absolute Gasteiger partial charge is 0.251 e. The number of hydrogen-bond acceptors (Lipinski definition) is 3. The molecule has 0 saturated heterocycles. The minimum atomic E-state index is -0.113. The first-order valence-corrected chi connectivity index (χ1v) is 6.32. The number of rotatable bonds is 4. The normalized spacial score (nSPS) is 10.1. The number of amides is 1. The van der Waals surface area contributed by atoms with Crippen molar-refractivity contribution in [2.75, 3.05) is 6.54 Å². The fourth-order valence-electron chi connectivity index (χ4n) is 1.91. The molecule has 4 nitrogen and oxygen atoms in total. The van der Waals surface area contributed by atoms with Crippen molar-refractivity contribution in [3.8, 4) is 16.9 Å². The summed E-state index contributed by atoms with van der Waals surface area (Å²) in [6.45, 7) is 2.45. The zero-order valence-corrected chi connectivity index (χ0v) is 11.1. The second-order valence-corrected chi connectivity index (χ2v) is 4.33. The van der Waals surface area contributed by atoms with Gasteiger partial charge in [0, 0.05) is 12.1 Å². The van der Waals surface area contributed by atoms with E-state index in [-0.39, 0.29) is 17.2 Å². The van der Waals surface area contributed by atoms with Crippen LogP contribution in [0.2, 0.25) is 0 Å². The number of phenols is 1. The Bertz CT molecular complexity index is 633. The Hall–Kier alpha value is -2.62. The van der Waals surface area contributed by atoms with Gasteiger partial charge in [-0.15, -0.1) is 0 Å². The molecule has 0 heterocycles. The van der Waals surface area contributed by atoms with Crippen LogP contribution >= 0.6 is 0 Å². The van der Waals surface area contributed by atoms with E-state index in [2.05, 4.69) is 5.32 Å². The van der Waals surface area contributed by atoms with Gasteiger partial charge < -0.3 is 10.4 Å². The highest BCUT2D eigenvalue weighted by Crippen LogP contribution is 2.25. The van der Waals surface area contributed by atoms with Crippen LogP contribution in [0.1, 0.15) is 27.6 Å². The van der Waals surface area contributed by atoms with E-state index in [0.717, 1.165) is 11.1 Å². The molecule has 0 unspecified atom stereocenters. The third-order valence-corrected chi connectivity index (χ3v) is 2.97. The Labute approximate surface area is 117 Å². The van der Waals surface area contributed by atoms with Crippen molar-refractivity contribution in [3.63, 3.8) is 0 Å². The molecule has 0 aliphatic carbocycles. The molecule has 2 N–H and O–H groups in total. The summed E-state index contributed by atoms with van der Waals surface area (Å²) in [7, 11) is 0. The Morgan fingerprint density at radius 1 is 1.15 bits per heavy atom. The van der Waals surface area contributed by atoms with Crippen LogP contribution in [0.25, 0.3) is 11.1 Å². The zero-order valence-electron chi connectivity index (χ0n) is 11.1. The molecule has 2 aromatic rings. The maximum absolute atomic E-state index is 11.6. The van der Waals surface area contributed by atoms with E-state index in [0.29, 0.717) is 18.4 Å². The lowest BCUT2D eigenvalue weighted by Crippen LogP contribution is -2.22. The van der Waals surface area contributed by atoms with Crippen molar-refractivity contribution in [2.45, 2.75) is 6.92 Å². The van der Waals surface area contributed by atoms with Crippen LogP contribution in [0.3, 0.4) is 0 Å². The monoisotopic (exact) mass is 269 g/mol. The van der Waals surface area contributed by atoms with Crippen LogP contribution in [0.15, 0.2) is 42.5 Å². The van der Waals surface area contributed by atoms with Gasteiger partial charge in [0.15, 0.2) is 6.29 Å². The topological polar surface area (TPSA) is 66.4 Å². The van der Waals surface area contributed by atoms with Crippen molar-refractivity contribution in [2.24, 2.45) is 0 Å². The first-order valence-electron chi connectivity index (χ1n) is 6.32. The number of nitrogens with one attached hydrogen (secondary N) is 1. The molecule has 0 bridgehead atoms. The van der Waals surface area contributed by atoms with Gasteiger partial charge in [0.2, 0.25) is 0 Å². The number of aldehydes is 1. The van der Waals surface area contributed by atoms with Gasteiger partial charge in [0.05, 0.1) is 5.56 Å². The van der Waals surface area contributed by atoms with Gasteiger partial charge in [-0.05, 0) is 42.3 Å². The third-order valence-electron chi connectivity index (χ3n) is 2.97. The zero-order chi connectivity index (χ0) is 14.5. The number of phenolic OH excluding ortho intramolecular Hbond substituents is 1. The Balaban J connectivity index is 2.30. The molecule has 2 aromatic carbocycles. The molecule has 1 amide bonds. The fourth-order valence-corrected chi connectivity index (χ4v) is 1.91. The maximum Gasteiger partial charge on any atom is 0.251 e. The lowest BCUT2D eigenvalue weighted by molar-refractivity contribution is 0.0955. The van der Waals surface area contributed by atoms with E-state index < -0.39 is 0 Å². The minimum Gasteiger partial charge on any atom is -0.507 e. The number of aromatic hydroxyl groups is 1. The summed E-state index contributed by atoms with van der Waals surface area (Å²) in [4.78, 5) is 22.5. The van der Waals surface area contributed by atoms with E-state index >= 15 is 0 Å². The summed E-state index contributed by atoms with van der Waals surface area (Å²) < 4.78 is 0. The van der Waals surface area contributed by atoms with Gasteiger partial charge in [0.25, 0.3) is 5.91 Å². The minimum absolute atomic E-state index is 0.0392. The van der Waals surface area contributed by atoms with Crippen LogP contribution < -0.4 is 5.32 Å². The summed E-state index contributed by atoms with van der Waals surface area (Å²) in [5, 5.41) is 12.2. The summed E-state index contributed by atoms with van der Waals surface area (Å²) in [6, 6.07) is 11.9. The molecule has 0 saturated carbocycles. The molecule has 0 radical (unpaired) electrons. The van der Waals surface area contributed by atoms with Crippen molar-refractivity contribution in [1.29, 1.82) is 0 Å². The Kier molecular flexibility index (Phi) is 4.15. The van der Waals surface area contributed by atoms with Crippen LogP contribution in [0.5, 0.6) is 5.75 Å². The number of hydrogen-bond donors (Lipinski definition) is 2. The number of benzene rings is 2. The maximum atomic E-state index is 11.6. The predicted octanol–water partition coefficient (Wildman–Crippen LogP) is 2.62. The van der Waals surface area contributed by atoms with Crippen molar-refractivity contribution in [1.82, 2.24) is 5.32 Å². The highest BCUT2D eigenvalue weighted by atomic mass is 16.3. The molecule has 0 spiro atoms. The molecular weight excluding hydrogens is 254 g/mol. The first-order chi connectivity index (χ1) is 9.65. The molecule has 0 aromatic heterocycles. The van der Waals surface area contributed by atoms with Gasteiger partial charge in [0.1, 0.15) is 5.75 Å². The van der Waals surface area contributed by atoms with Gasteiger partial charge in [-0.3, -0.25) is 9.59 Å². The molecule has 0 aliphatic rings. The predicted molar refractivity (Wildman–Crippen MR) is 76.9 cm³/mol. The summed E-state index contributed by atoms with van der Waals surface area (Å²) in [5.74, 6) is -0.152. The van der Waals surface area contributed by atoms with Gasteiger partial charge >= 0.3 is 0 Å². The molecule has 0 atom stereocenters. The van der Waals surface area contributed by atoms with Gasteiger partial charge in [-0.25, -0.2) is 0 Å². The highest BCUT2D eigenvalue weighted by molar-refractivity contribution is 5.94. The number of carbonyl (C=O) groups is 2. The van der Waals surface area contributed by atoms with Crippen LogP contribution in [0.4, 0.5) is 0 Å². The summed E-state index contributed by atoms with van der Waals surface area (Å²) in [6.07, 6.45) is 0.613. The lowest BCUT2D eigenvalue weighted by atomic mass is 10.0. The van der Waals surface area contributed by atoms with Crippen molar-refractivity contribution in [3.05, 3.63) is 53.6 Å². The summed E-state index contributed by atoms with van der Waals surface area (Å²) >= 11 is 0. The standard InChI is InChI=1S/C16H15NO3/c1-2-17-16(20)12-5-3-11(4-6-12)13-7-8-15(19)14(9-13)10-18/h3-10,19H,2H2,1H3,(H,17,20). The van der Waals surface area contributed by atoms with Gasteiger partial charge in [-0.2, -0.15) is 0 Å². The number of carbonyl (C=O) groups excluding carboxylic acids is 2. The fraction of sp³-hybridized carbons (Fsp3) is 0.125. The van der Waals surface area contributed by atoms with E-state index in [1.54, 1.807) is 24.3 Å². The third kappa shape index (κ3) is 2.85. The molecule has 20 heavy (non-hydrogen) atoms. The second-order valence-electron chi connectivity index (χ2n) is 4.33. The molecular formula is C16H15NO3. The van der Waals surface area contributed by atoms with E-state index in [1.807, 2.05) is 19.1 Å². The Morgan fingerprint density at radius 2 is 1.80 bits per heavy atom.